The second-order valence-electron chi connectivity index (χ2n) is 4.04. The van der Waals surface area contributed by atoms with Crippen molar-refractivity contribution in [3.8, 4) is 0 Å². The minimum absolute atomic E-state index is 0.157. The minimum Gasteiger partial charge on any atom is -0.396 e. The monoisotopic (exact) mass is 267 g/mol. The van der Waals surface area contributed by atoms with Gasteiger partial charge in [0.15, 0.2) is 0 Å². The number of aliphatic hydroxyl groups is 1. The highest BCUT2D eigenvalue weighted by Gasteiger charge is 2.27. The molecule has 1 fully saturated rings. The third-order valence-electron chi connectivity index (χ3n) is 2.74. The van der Waals surface area contributed by atoms with Crippen molar-refractivity contribution in [3.63, 3.8) is 0 Å². The first-order valence-corrected chi connectivity index (χ1v) is 8.54. The van der Waals surface area contributed by atoms with Gasteiger partial charge >= 0.3 is 0 Å². The van der Waals surface area contributed by atoms with Crippen LogP contribution in [0.15, 0.2) is 0 Å². The summed E-state index contributed by atoms with van der Waals surface area (Å²) >= 11 is 1.67. The number of rotatable bonds is 8. The molecule has 0 aliphatic heterocycles. The molecule has 0 spiro atoms. The third-order valence-corrected chi connectivity index (χ3v) is 5.76. The Hall–Kier alpha value is 0.220. The lowest BCUT2D eigenvalue weighted by atomic mass is 10.4. The normalized spacial score (nSPS) is 18.1. The molecule has 0 unspecified atom stereocenters. The maximum Gasteiger partial charge on any atom is 0.214 e. The number of thioether (sulfide) groups is 1. The molecular weight excluding hydrogens is 246 g/mol. The van der Waals surface area contributed by atoms with Crippen molar-refractivity contribution < 1.29 is 13.5 Å². The molecule has 2 N–H and O–H groups in total. The van der Waals surface area contributed by atoms with Crippen LogP contribution in [0.5, 0.6) is 0 Å². The summed E-state index contributed by atoms with van der Waals surface area (Å²) in [5, 5.41) is 8.41. The standard InChI is InChI=1S/C10H21NO3S2/c12-7-3-8-15-9-6-11-16(13,14)10-4-1-2-5-10/h10-12H,1-9H2. The van der Waals surface area contributed by atoms with Gasteiger partial charge in [0.25, 0.3) is 0 Å². The first-order chi connectivity index (χ1) is 7.67. The first-order valence-electron chi connectivity index (χ1n) is 5.84. The van der Waals surface area contributed by atoms with Gasteiger partial charge in [-0.1, -0.05) is 12.8 Å². The van der Waals surface area contributed by atoms with E-state index >= 15 is 0 Å². The van der Waals surface area contributed by atoms with Gasteiger partial charge < -0.3 is 5.11 Å². The fraction of sp³-hybridized carbons (Fsp3) is 1.00. The van der Waals surface area contributed by atoms with Crippen LogP contribution in [-0.2, 0) is 10.0 Å². The zero-order valence-corrected chi connectivity index (χ0v) is 11.2. The molecule has 96 valence electrons. The van der Waals surface area contributed by atoms with E-state index in [-0.39, 0.29) is 11.9 Å². The summed E-state index contributed by atoms with van der Waals surface area (Å²) in [5.74, 6) is 1.67. The zero-order valence-electron chi connectivity index (χ0n) is 9.52. The highest BCUT2D eigenvalue weighted by atomic mass is 32.2. The first kappa shape index (κ1) is 14.3. The number of aliphatic hydroxyl groups excluding tert-OH is 1. The van der Waals surface area contributed by atoms with E-state index in [1.54, 1.807) is 11.8 Å². The van der Waals surface area contributed by atoms with Crippen molar-refractivity contribution in [3.05, 3.63) is 0 Å². The predicted octanol–water partition coefficient (Wildman–Crippen LogP) is 0.964. The quantitative estimate of drug-likeness (QED) is 0.643. The third kappa shape index (κ3) is 5.03. The Labute approximate surface area is 102 Å². The molecule has 1 saturated carbocycles. The molecular formula is C10H21NO3S2. The largest absolute Gasteiger partial charge is 0.396 e. The number of sulfonamides is 1. The van der Waals surface area contributed by atoms with Crippen LogP contribution in [0.1, 0.15) is 32.1 Å². The fourth-order valence-corrected chi connectivity index (χ4v) is 4.33. The van der Waals surface area contributed by atoms with Gasteiger partial charge in [-0.2, -0.15) is 11.8 Å². The molecule has 0 atom stereocenters. The van der Waals surface area contributed by atoms with Crippen LogP contribution in [0.2, 0.25) is 0 Å². The van der Waals surface area contributed by atoms with Gasteiger partial charge in [0.05, 0.1) is 5.25 Å². The van der Waals surface area contributed by atoms with E-state index in [0.717, 1.165) is 43.6 Å². The minimum atomic E-state index is -3.07. The van der Waals surface area contributed by atoms with Crippen molar-refractivity contribution in [2.75, 3.05) is 24.7 Å². The Kier molecular flexibility index (Phi) is 6.72. The average molecular weight is 267 g/mol. The molecule has 0 heterocycles. The molecule has 0 bridgehead atoms. The van der Waals surface area contributed by atoms with Gasteiger partial charge in [-0.3, -0.25) is 0 Å². The number of nitrogens with one attached hydrogen (secondary N) is 1. The Bertz CT molecular complexity index is 274. The Balaban J connectivity index is 2.11. The van der Waals surface area contributed by atoms with Crippen LogP contribution in [0.25, 0.3) is 0 Å². The van der Waals surface area contributed by atoms with Gasteiger partial charge in [0.2, 0.25) is 10.0 Å². The molecule has 1 aliphatic carbocycles. The second-order valence-corrected chi connectivity index (χ2v) is 7.31. The van der Waals surface area contributed by atoms with Crippen LogP contribution >= 0.6 is 11.8 Å². The molecule has 4 nitrogen and oxygen atoms in total. The topological polar surface area (TPSA) is 66.4 Å². The Morgan fingerprint density at radius 2 is 1.94 bits per heavy atom. The van der Waals surface area contributed by atoms with Crippen molar-refractivity contribution in [2.24, 2.45) is 0 Å². The molecule has 1 rings (SSSR count). The molecule has 0 aromatic carbocycles. The number of hydrogen-bond acceptors (Lipinski definition) is 4. The molecule has 0 aromatic heterocycles. The molecule has 0 saturated heterocycles. The van der Waals surface area contributed by atoms with Crippen molar-refractivity contribution in [2.45, 2.75) is 37.4 Å². The fourth-order valence-electron chi connectivity index (χ4n) is 1.84. The highest BCUT2D eigenvalue weighted by molar-refractivity contribution is 7.99. The van der Waals surface area contributed by atoms with Crippen LogP contribution in [0.3, 0.4) is 0 Å². The molecule has 6 heteroatoms. The predicted molar refractivity (Wildman–Crippen MR) is 68.2 cm³/mol. The Morgan fingerprint density at radius 3 is 2.56 bits per heavy atom. The molecule has 1 aliphatic rings. The summed E-state index contributed by atoms with van der Waals surface area (Å²) in [4.78, 5) is 0. The maximum atomic E-state index is 11.8. The second kappa shape index (κ2) is 7.53. The molecule has 16 heavy (non-hydrogen) atoms. The summed E-state index contributed by atoms with van der Waals surface area (Å²) in [7, 11) is -3.07. The summed E-state index contributed by atoms with van der Waals surface area (Å²) in [6.45, 7) is 0.718. The van der Waals surface area contributed by atoms with Gasteiger partial charge in [-0.05, 0) is 25.0 Å². The van der Waals surface area contributed by atoms with E-state index in [4.69, 9.17) is 5.11 Å². The van der Waals surface area contributed by atoms with E-state index in [1.165, 1.54) is 0 Å². The van der Waals surface area contributed by atoms with E-state index in [1.807, 2.05) is 0 Å². The van der Waals surface area contributed by atoms with Crippen LogP contribution in [0.4, 0.5) is 0 Å². The number of hydrogen-bond donors (Lipinski definition) is 2. The van der Waals surface area contributed by atoms with Crippen LogP contribution < -0.4 is 4.72 Å². The van der Waals surface area contributed by atoms with E-state index in [2.05, 4.69) is 4.72 Å². The lowest BCUT2D eigenvalue weighted by molar-refractivity contribution is 0.296. The molecule has 0 radical (unpaired) electrons. The molecule has 0 amide bonds. The molecule has 0 aromatic rings. The summed E-state index contributed by atoms with van der Waals surface area (Å²) in [5.41, 5.74) is 0. The van der Waals surface area contributed by atoms with Crippen LogP contribution in [0, 0.1) is 0 Å². The van der Waals surface area contributed by atoms with E-state index in [0.29, 0.717) is 6.54 Å². The zero-order chi connectivity index (χ0) is 11.9. The van der Waals surface area contributed by atoms with E-state index in [9.17, 15) is 8.42 Å². The van der Waals surface area contributed by atoms with Crippen LogP contribution in [-0.4, -0.2) is 43.4 Å². The average Bonchev–Trinajstić information content (AvgIpc) is 2.77. The van der Waals surface area contributed by atoms with Crippen molar-refractivity contribution in [1.82, 2.24) is 4.72 Å². The van der Waals surface area contributed by atoms with Gasteiger partial charge in [0.1, 0.15) is 0 Å². The van der Waals surface area contributed by atoms with Crippen molar-refractivity contribution >= 4 is 21.8 Å². The maximum absolute atomic E-state index is 11.8. The van der Waals surface area contributed by atoms with Gasteiger partial charge in [0, 0.05) is 18.9 Å². The lowest BCUT2D eigenvalue weighted by Crippen LogP contribution is -2.34. The summed E-state index contributed by atoms with van der Waals surface area (Å²) in [6.07, 6.45) is 4.48. The summed E-state index contributed by atoms with van der Waals surface area (Å²) in [6, 6.07) is 0. The van der Waals surface area contributed by atoms with E-state index < -0.39 is 10.0 Å². The van der Waals surface area contributed by atoms with Gasteiger partial charge in [-0.25, -0.2) is 13.1 Å². The van der Waals surface area contributed by atoms with Gasteiger partial charge in [-0.15, -0.1) is 0 Å². The SMILES string of the molecule is O=S(=O)(NCCSCCCO)C1CCCC1. The summed E-state index contributed by atoms with van der Waals surface area (Å²) < 4.78 is 26.2. The van der Waals surface area contributed by atoms with Crippen molar-refractivity contribution in [1.29, 1.82) is 0 Å². The lowest BCUT2D eigenvalue weighted by Gasteiger charge is -2.11. The Morgan fingerprint density at radius 1 is 1.25 bits per heavy atom. The smallest absolute Gasteiger partial charge is 0.214 e. The highest BCUT2D eigenvalue weighted by Crippen LogP contribution is 2.23.